The Hall–Kier alpha value is -6.04. The molecule has 0 radical (unpaired) electrons. The zero-order valence-electron chi connectivity index (χ0n) is 53.0. The fourth-order valence-electron chi connectivity index (χ4n) is 10.5. The van der Waals surface area contributed by atoms with E-state index < -0.39 is 36.3 Å². The molecule has 0 aliphatic carbocycles. The molecule has 0 N–H and O–H groups in total. The summed E-state index contributed by atoms with van der Waals surface area (Å²) < 4.78 is 43.6. The van der Waals surface area contributed by atoms with Crippen molar-refractivity contribution in [2.45, 2.75) is 190 Å². The van der Waals surface area contributed by atoms with E-state index in [1.165, 1.54) is 11.1 Å². The quantitative estimate of drug-likeness (QED) is 0.0997. The van der Waals surface area contributed by atoms with Crippen molar-refractivity contribution in [2.24, 2.45) is 0 Å². The van der Waals surface area contributed by atoms with E-state index in [0.29, 0.717) is 34.0 Å². The molecule has 2 heterocycles. The topological polar surface area (TPSA) is 80.3 Å². The first-order valence-electron chi connectivity index (χ1n) is 29.3. The third kappa shape index (κ3) is 12.4. The second-order valence-corrected chi connectivity index (χ2v) is 36.4. The normalized spacial score (nSPS) is 14.5. The molecule has 9 rings (SSSR count). The second kappa shape index (κ2) is 21.9. The van der Waals surface area contributed by atoms with Gasteiger partial charge >= 0.3 is 22.8 Å². The molecule has 0 fully saturated rings. The van der Waals surface area contributed by atoms with Gasteiger partial charge in [0.15, 0.2) is 11.2 Å². The molecule has 82 heavy (non-hydrogen) atoms. The summed E-state index contributed by atoms with van der Waals surface area (Å²) >= 11 is 0. The Bertz CT molecular complexity index is 3660. The van der Waals surface area contributed by atoms with Crippen molar-refractivity contribution in [1.82, 2.24) is 0 Å². The highest BCUT2D eigenvalue weighted by Crippen LogP contribution is 2.56. The van der Waals surface area contributed by atoms with Crippen LogP contribution in [0, 0.1) is 0 Å². The van der Waals surface area contributed by atoms with Gasteiger partial charge in [-0.1, -0.05) is 230 Å². The molecular weight excluding hydrogens is 1070 g/mol. The Morgan fingerprint density at radius 3 is 1.32 bits per heavy atom. The summed E-state index contributed by atoms with van der Waals surface area (Å²) in [7, 11) is -6.96. The minimum absolute atomic E-state index is 0.0738. The lowest BCUT2D eigenvalue weighted by molar-refractivity contribution is 0.0696. The van der Waals surface area contributed by atoms with Gasteiger partial charge in [0.2, 0.25) is 0 Å². The summed E-state index contributed by atoms with van der Waals surface area (Å²) in [5.74, 6) is 1.58. The summed E-state index contributed by atoms with van der Waals surface area (Å²) in [5, 5.41) is 3.00. The molecule has 10 heteroatoms. The van der Waals surface area contributed by atoms with Gasteiger partial charge in [0.05, 0.1) is 8.07 Å². The minimum atomic E-state index is -2.37. The summed E-state index contributed by atoms with van der Waals surface area (Å²) in [6.45, 7) is 49.4. The molecule has 8 aromatic rings. The number of carbonyl (C=O) groups excluding carboxylic acids is 1. The van der Waals surface area contributed by atoms with Crippen LogP contribution >= 0.6 is 16.8 Å². The van der Waals surface area contributed by atoms with E-state index in [1.54, 1.807) is 0 Å². The summed E-state index contributed by atoms with van der Waals surface area (Å²) in [4.78, 5) is 14.4. The number of benzene rings is 7. The Morgan fingerprint density at radius 1 is 0.451 bits per heavy atom. The Labute approximate surface area is 493 Å². The molecule has 0 saturated carbocycles. The van der Waals surface area contributed by atoms with Gasteiger partial charge in [-0.3, -0.25) is 0 Å². The van der Waals surface area contributed by atoms with Crippen LogP contribution in [0.15, 0.2) is 130 Å². The molecule has 0 spiro atoms. The maximum absolute atomic E-state index is 14.4. The SMILES string of the molecule is CC(C)c1cc2c(c(C(C)C)c1)OP(Oc1c(-c3cc(C(C)(C)C)cc([Si](C)(C)C)c3Op3oc4c(-c5ccccc5)cc(C(C)(C)C)cc4c4cc(C(C)(C)C)cc(-c5ccccc5)c4o3)cc(C(C)(C)C)cc1C(C)(C)C)OC2=O. The number of rotatable bonds is 10. The molecule has 1 unspecified atom stereocenters. The molecule has 0 bridgehead atoms. The van der Waals surface area contributed by atoms with Crippen molar-refractivity contribution in [3.63, 3.8) is 0 Å². The van der Waals surface area contributed by atoms with Crippen LogP contribution in [0.5, 0.6) is 17.2 Å². The van der Waals surface area contributed by atoms with E-state index in [4.69, 9.17) is 26.5 Å². The molecule has 432 valence electrons. The number of hydrogen-bond donors (Lipinski definition) is 0. The summed E-state index contributed by atoms with van der Waals surface area (Å²) in [5.41, 5.74) is 13.6. The van der Waals surface area contributed by atoms with Crippen molar-refractivity contribution in [3.05, 3.63) is 166 Å². The Kier molecular flexibility index (Phi) is 16.1. The van der Waals surface area contributed by atoms with Gasteiger partial charge in [0.25, 0.3) is 0 Å². The molecule has 1 atom stereocenters. The first-order valence-corrected chi connectivity index (χ1v) is 34.9. The molecule has 7 aromatic carbocycles. The monoisotopic (exact) mass is 1150 g/mol. The molecule has 0 amide bonds. The average molecular weight is 1160 g/mol. The standard InChI is InChI=1S/C72H88O7P2Si/c1-43(2)47-33-52(44(3)4)62-59(34-47)67(73)79-81(74-62)77-65-57(39-50(70(11,12)13)41-60(65)72(17,18)19)58-40-51(71(14,15)16)42-61(82(20,21)22)66(58)78-80-75-63-53(45-29-25-23-26-30-45)35-48(68(5,6)7)37-55(63)56-38-49(69(8,9)10)36-54(64(56)76-80)46-31-27-24-28-32-46/h23-44H,1-22H3. The van der Waals surface area contributed by atoms with Gasteiger partial charge < -0.3 is 26.5 Å². The average Bonchev–Trinajstić information content (AvgIpc) is 3.09. The van der Waals surface area contributed by atoms with E-state index in [9.17, 15) is 4.79 Å². The predicted molar refractivity (Wildman–Crippen MR) is 350 cm³/mol. The fourth-order valence-corrected chi connectivity index (χ4v) is 14.2. The van der Waals surface area contributed by atoms with Crippen LogP contribution in [0.1, 0.15) is 193 Å². The van der Waals surface area contributed by atoms with Crippen molar-refractivity contribution >= 4 is 58.0 Å². The van der Waals surface area contributed by atoms with Gasteiger partial charge in [-0.05, 0) is 131 Å². The van der Waals surface area contributed by atoms with Crippen LogP contribution in [0.3, 0.4) is 0 Å². The molecule has 1 aliphatic rings. The highest BCUT2D eigenvalue weighted by molar-refractivity contribution is 7.43. The number of carbonyl (C=O) groups is 1. The van der Waals surface area contributed by atoms with Crippen LogP contribution in [0.2, 0.25) is 19.6 Å². The number of hydrogen-bond acceptors (Lipinski definition) is 7. The Morgan fingerprint density at radius 2 is 0.890 bits per heavy atom. The molecule has 1 aromatic heterocycles. The zero-order chi connectivity index (χ0) is 60.0. The van der Waals surface area contributed by atoms with Gasteiger partial charge in [0.1, 0.15) is 22.8 Å². The fraction of sp³-hybridized carbons (Fsp3) is 0.403. The van der Waals surface area contributed by atoms with Crippen LogP contribution in [-0.4, -0.2) is 14.0 Å². The number of fused-ring (bicyclic) bond motifs is 4. The maximum Gasteiger partial charge on any atom is 0.532 e. The van der Waals surface area contributed by atoms with Crippen molar-refractivity contribution in [2.75, 3.05) is 0 Å². The maximum atomic E-state index is 14.4. The van der Waals surface area contributed by atoms with Gasteiger partial charge in [-0.25, -0.2) is 4.79 Å². The third-order valence-corrected chi connectivity index (χ3v) is 19.8. The summed E-state index contributed by atoms with van der Waals surface area (Å²) in [6.07, 6.45) is 0. The smallest absolute Gasteiger partial charge is 0.407 e. The van der Waals surface area contributed by atoms with Crippen molar-refractivity contribution < 1.29 is 31.3 Å². The van der Waals surface area contributed by atoms with Crippen molar-refractivity contribution in [1.29, 1.82) is 0 Å². The summed E-state index contributed by atoms with van der Waals surface area (Å²) in [6, 6.07) is 43.5. The molecular formula is C72H88O7P2Si. The van der Waals surface area contributed by atoms with Gasteiger partial charge in [-0.2, -0.15) is 0 Å². The largest absolute Gasteiger partial charge is 0.532 e. The van der Waals surface area contributed by atoms with Crippen LogP contribution < -0.4 is 18.8 Å². The lowest BCUT2D eigenvalue weighted by atomic mass is 9.77. The Balaban J connectivity index is 1.42. The molecule has 1 aliphatic heterocycles. The lowest BCUT2D eigenvalue weighted by Gasteiger charge is -2.33. The van der Waals surface area contributed by atoms with Crippen LogP contribution in [0.25, 0.3) is 55.3 Å². The highest BCUT2D eigenvalue weighted by Gasteiger charge is 2.40. The van der Waals surface area contributed by atoms with E-state index >= 15 is 0 Å². The van der Waals surface area contributed by atoms with Gasteiger partial charge in [0, 0.05) is 38.6 Å². The molecule has 7 nitrogen and oxygen atoms in total. The van der Waals surface area contributed by atoms with Crippen LogP contribution in [0.4, 0.5) is 0 Å². The molecule has 0 saturated heterocycles. The minimum Gasteiger partial charge on any atom is -0.407 e. The zero-order valence-corrected chi connectivity index (χ0v) is 55.7. The second-order valence-electron chi connectivity index (χ2n) is 29.4. The first kappa shape index (κ1) is 60.5. The van der Waals surface area contributed by atoms with E-state index in [0.717, 1.165) is 77.2 Å². The van der Waals surface area contributed by atoms with Gasteiger partial charge in [-0.15, -0.1) is 0 Å². The van der Waals surface area contributed by atoms with E-state index in [-0.39, 0.29) is 33.5 Å². The lowest BCUT2D eigenvalue weighted by Crippen LogP contribution is -2.39. The van der Waals surface area contributed by atoms with E-state index in [1.807, 2.05) is 6.07 Å². The highest BCUT2D eigenvalue weighted by atomic mass is 31.2. The van der Waals surface area contributed by atoms with E-state index in [2.05, 4.69) is 266 Å². The predicted octanol–water partition coefficient (Wildman–Crippen LogP) is 22.3. The van der Waals surface area contributed by atoms with Crippen LogP contribution in [-0.2, 0) is 31.6 Å². The van der Waals surface area contributed by atoms with Crippen molar-refractivity contribution in [3.8, 4) is 50.6 Å². The third-order valence-electron chi connectivity index (χ3n) is 15.8. The first-order chi connectivity index (χ1) is 38.0.